The van der Waals surface area contributed by atoms with Crippen molar-refractivity contribution < 1.29 is 31.1 Å². The van der Waals surface area contributed by atoms with Crippen molar-refractivity contribution in [2.45, 2.75) is 120 Å². The third-order valence-corrected chi connectivity index (χ3v) is 13.5. The highest BCUT2D eigenvalue weighted by molar-refractivity contribution is 8.10. The lowest BCUT2D eigenvalue weighted by Gasteiger charge is -2.38. The van der Waals surface area contributed by atoms with Crippen LogP contribution in [0.25, 0.3) is 0 Å². The van der Waals surface area contributed by atoms with Crippen molar-refractivity contribution in [1.29, 1.82) is 0 Å². The van der Waals surface area contributed by atoms with Gasteiger partial charge in [0.25, 0.3) is 0 Å². The third kappa shape index (κ3) is 5.37. The van der Waals surface area contributed by atoms with Crippen LogP contribution in [0.15, 0.2) is 0 Å². The summed E-state index contributed by atoms with van der Waals surface area (Å²) in [6.45, 7) is 10.2. The van der Waals surface area contributed by atoms with E-state index in [9.17, 15) is 21.6 Å². The summed E-state index contributed by atoms with van der Waals surface area (Å²) in [6.07, 6.45) is 4.86. The highest BCUT2D eigenvalue weighted by Crippen LogP contribution is 2.45. The summed E-state index contributed by atoms with van der Waals surface area (Å²) in [5.74, 6) is 0.0742. The van der Waals surface area contributed by atoms with E-state index in [1.807, 2.05) is 0 Å². The molecule has 2 saturated heterocycles. The van der Waals surface area contributed by atoms with Crippen LogP contribution >= 0.6 is 0 Å². The molecule has 2 aliphatic heterocycles. The largest absolute Gasteiger partial charge is 0.444 e. The average molecular weight is 508 g/mol. The Morgan fingerprint density at radius 1 is 0.970 bits per heavy atom. The minimum Gasteiger partial charge on any atom is -0.444 e. The van der Waals surface area contributed by atoms with Crippen molar-refractivity contribution in [1.82, 2.24) is 4.90 Å². The van der Waals surface area contributed by atoms with Gasteiger partial charge in [-0.25, -0.2) is 21.6 Å². The van der Waals surface area contributed by atoms with Crippen molar-refractivity contribution in [2.24, 2.45) is 5.92 Å². The zero-order chi connectivity index (χ0) is 24.9. The monoisotopic (exact) mass is 507 g/mol. The normalized spacial score (nSPS) is 31.3. The molecule has 1 amide bonds. The molecule has 3 fully saturated rings. The minimum atomic E-state index is -3.88. The van der Waals surface area contributed by atoms with Gasteiger partial charge in [-0.2, -0.15) is 0 Å². The molecule has 3 aliphatic rings. The second-order valence-corrected chi connectivity index (χ2v) is 16.9. The van der Waals surface area contributed by atoms with Crippen LogP contribution in [0.5, 0.6) is 0 Å². The second kappa shape index (κ2) is 8.97. The van der Waals surface area contributed by atoms with E-state index in [0.29, 0.717) is 12.3 Å². The summed E-state index contributed by atoms with van der Waals surface area (Å²) in [7, 11) is -7.76. The number of rotatable bonds is 4. The number of nitrogens with zero attached hydrogens (tertiary/aromatic N) is 1. The lowest BCUT2D eigenvalue weighted by atomic mass is 9.83. The quantitative estimate of drug-likeness (QED) is 0.565. The highest BCUT2D eigenvalue weighted by atomic mass is 32.3. The van der Waals surface area contributed by atoms with Crippen molar-refractivity contribution in [3.05, 3.63) is 0 Å². The third-order valence-electron chi connectivity index (χ3n) is 7.38. The lowest BCUT2D eigenvalue weighted by molar-refractivity contribution is -0.0803. The van der Waals surface area contributed by atoms with Crippen LogP contribution in [-0.2, 0) is 29.1 Å². The number of carbonyl (C=O) groups is 1. The Morgan fingerprint density at radius 3 is 2.03 bits per heavy atom. The summed E-state index contributed by atoms with van der Waals surface area (Å²) in [5.41, 5.74) is -1.76. The number of amides is 1. The Kier molecular flexibility index (Phi) is 7.27. The molecule has 1 aliphatic carbocycles. The van der Waals surface area contributed by atoms with Gasteiger partial charge in [-0.3, -0.25) is 4.90 Å². The van der Waals surface area contributed by atoms with Gasteiger partial charge in [-0.15, -0.1) is 0 Å². The number of hydrogen-bond donors (Lipinski definition) is 0. The van der Waals surface area contributed by atoms with E-state index >= 15 is 0 Å². The molecule has 2 unspecified atom stereocenters. The van der Waals surface area contributed by atoms with Crippen LogP contribution < -0.4 is 0 Å². The van der Waals surface area contributed by atoms with E-state index < -0.39 is 53.3 Å². The van der Waals surface area contributed by atoms with Gasteiger partial charge in [0.15, 0.2) is 23.8 Å². The standard InChI is InChI=1S/C23H41NO7S2/c1-21(2,3)31-20(25)24-18(15-17-11-8-7-9-12-17)19(30-22(24,4)5)16-23(6)32(26,27)13-10-14-33(23,28)29/h17-19H,7-16H2,1-6H3. The van der Waals surface area contributed by atoms with Crippen LogP contribution in [0.4, 0.5) is 4.79 Å². The van der Waals surface area contributed by atoms with E-state index in [1.165, 1.54) is 13.3 Å². The first kappa shape index (κ1) is 26.7. The zero-order valence-corrected chi connectivity index (χ0v) is 22.6. The van der Waals surface area contributed by atoms with Gasteiger partial charge in [-0.05, 0) is 60.3 Å². The summed E-state index contributed by atoms with van der Waals surface area (Å²) in [6, 6.07) is -0.456. The van der Waals surface area contributed by atoms with Gasteiger partial charge >= 0.3 is 6.09 Å². The molecular weight excluding hydrogens is 466 g/mol. The summed E-state index contributed by atoms with van der Waals surface area (Å²) in [5, 5.41) is 0. The molecule has 0 bridgehead atoms. The fraction of sp³-hybridized carbons (Fsp3) is 0.957. The SMILES string of the molecule is CC(C)(C)OC(=O)N1C(CC2CCCCC2)C(CC2(C)S(=O)(=O)CCCS2(=O)=O)OC1(C)C. The number of ether oxygens (including phenoxy) is 2. The Balaban J connectivity index is 1.98. The van der Waals surface area contributed by atoms with Crippen molar-refractivity contribution in [3.8, 4) is 0 Å². The molecule has 10 heteroatoms. The predicted octanol–water partition coefficient (Wildman–Crippen LogP) is 4.04. The summed E-state index contributed by atoms with van der Waals surface area (Å²) >= 11 is 0. The van der Waals surface area contributed by atoms with Crippen LogP contribution in [-0.4, -0.2) is 66.9 Å². The Hall–Kier alpha value is -0.870. The van der Waals surface area contributed by atoms with Gasteiger partial charge in [0, 0.05) is 6.42 Å². The van der Waals surface area contributed by atoms with Crippen LogP contribution in [0.1, 0.15) is 92.9 Å². The molecule has 33 heavy (non-hydrogen) atoms. The van der Waals surface area contributed by atoms with Crippen molar-refractivity contribution in [2.75, 3.05) is 11.5 Å². The van der Waals surface area contributed by atoms with E-state index in [1.54, 1.807) is 39.5 Å². The first-order chi connectivity index (χ1) is 15.0. The van der Waals surface area contributed by atoms with Crippen molar-refractivity contribution in [3.63, 3.8) is 0 Å². The molecule has 0 aromatic heterocycles. The van der Waals surface area contributed by atoms with Gasteiger partial charge in [-0.1, -0.05) is 32.1 Å². The maximum absolute atomic E-state index is 13.3. The van der Waals surface area contributed by atoms with Gasteiger partial charge in [0.05, 0.1) is 23.7 Å². The van der Waals surface area contributed by atoms with Crippen LogP contribution in [0.3, 0.4) is 0 Å². The minimum absolute atomic E-state index is 0.118. The molecule has 2 atom stereocenters. The van der Waals surface area contributed by atoms with Crippen LogP contribution in [0.2, 0.25) is 0 Å². The molecule has 8 nitrogen and oxygen atoms in total. The number of carbonyl (C=O) groups excluding carboxylic acids is 1. The fourth-order valence-corrected chi connectivity index (χ4v) is 10.6. The molecule has 0 aromatic rings. The molecule has 0 radical (unpaired) electrons. The molecular formula is C23H41NO7S2. The van der Waals surface area contributed by atoms with E-state index in [-0.39, 0.29) is 24.3 Å². The number of sulfone groups is 2. The highest BCUT2D eigenvalue weighted by Gasteiger charge is 2.59. The smallest absolute Gasteiger partial charge is 0.412 e. The van der Waals surface area contributed by atoms with Gasteiger partial charge in [0.2, 0.25) is 0 Å². The first-order valence-corrected chi connectivity index (χ1v) is 15.4. The molecule has 192 valence electrons. The second-order valence-electron chi connectivity index (χ2n) is 11.6. The topological polar surface area (TPSA) is 107 Å². The maximum Gasteiger partial charge on any atom is 0.412 e. The zero-order valence-electron chi connectivity index (χ0n) is 20.9. The first-order valence-electron chi connectivity index (χ1n) is 12.1. The lowest BCUT2D eigenvalue weighted by Crippen LogP contribution is -2.54. The van der Waals surface area contributed by atoms with E-state index in [4.69, 9.17) is 9.47 Å². The van der Waals surface area contributed by atoms with E-state index in [2.05, 4.69) is 0 Å². The molecule has 0 N–H and O–H groups in total. The van der Waals surface area contributed by atoms with Crippen molar-refractivity contribution >= 4 is 25.8 Å². The summed E-state index contributed by atoms with van der Waals surface area (Å²) in [4.78, 5) is 14.9. The molecule has 1 saturated carbocycles. The van der Waals surface area contributed by atoms with Gasteiger partial charge in [0.1, 0.15) is 11.3 Å². The molecule has 2 heterocycles. The Bertz CT molecular complexity index is 910. The molecule has 0 spiro atoms. The predicted molar refractivity (Wildman–Crippen MR) is 127 cm³/mol. The Labute approximate surface area is 199 Å². The molecule has 3 rings (SSSR count). The Morgan fingerprint density at radius 2 is 1.52 bits per heavy atom. The van der Waals surface area contributed by atoms with E-state index in [0.717, 1.165) is 25.7 Å². The fourth-order valence-electron chi connectivity index (χ4n) is 5.62. The molecule has 0 aromatic carbocycles. The average Bonchev–Trinajstić information content (AvgIpc) is 2.88. The number of hydrogen-bond acceptors (Lipinski definition) is 7. The maximum atomic E-state index is 13.3. The summed E-state index contributed by atoms with van der Waals surface area (Å²) < 4.78 is 62.2. The van der Waals surface area contributed by atoms with Gasteiger partial charge < -0.3 is 9.47 Å². The van der Waals surface area contributed by atoms with Crippen LogP contribution in [0, 0.1) is 5.92 Å².